The summed E-state index contributed by atoms with van der Waals surface area (Å²) in [6.07, 6.45) is 1.74. The van der Waals surface area contributed by atoms with Gasteiger partial charge in [-0.2, -0.15) is 0 Å². The van der Waals surface area contributed by atoms with Crippen LogP contribution in [0.1, 0.15) is 22.8 Å². The van der Waals surface area contributed by atoms with Crippen LogP contribution in [0.4, 0.5) is 0 Å². The number of carboxylic acids is 2. The topological polar surface area (TPSA) is 112 Å². The quantitative estimate of drug-likeness (QED) is 0.700. The second kappa shape index (κ2) is 10.2. The molecule has 0 amide bonds. The van der Waals surface area contributed by atoms with Crippen molar-refractivity contribution in [2.45, 2.75) is 17.4 Å². The lowest BCUT2D eigenvalue weighted by Gasteiger charge is -2.20. The molecule has 0 spiro atoms. The summed E-state index contributed by atoms with van der Waals surface area (Å²) in [4.78, 5) is 21.1. The van der Waals surface area contributed by atoms with E-state index in [0.29, 0.717) is 18.6 Å². The van der Waals surface area contributed by atoms with E-state index in [9.17, 15) is 18.0 Å². The van der Waals surface area contributed by atoms with Crippen molar-refractivity contribution in [2.24, 2.45) is 0 Å². The molecule has 3 rings (SSSR count). The van der Waals surface area contributed by atoms with Gasteiger partial charge in [0.05, 0.1) is 11.0 Å². The maximum absolute atomic E-state index is 12.9. The molecule has 1 heterocycles. The van der Waals surface area contributed by atoms with Crippen molar-refractivity contribution in [3.63, 3.8) is 0 Å². The molecular weight excluding hydrogens is 406 g/mol. The number of sulfone groups is 1. The van der Waals surface area contributed by atoms with Crippen LogP contribution < -0.4 is 0 Å². The molecule has 2 aromatic rings. The Morgan fingerprint density at radius 1 is 0.967 bits per heavy atom. The number of fused-ring (bicyclic) bond motifs is 3. The van der Waals surface area contributed by atoms with Gasteiger partial charge in [-0.05, 0) is 49.3 Å². The summed E-state index contributed by atoms with van der Waals surface area (Å²) in [5.41, 5.74) is 3.95. The Balaban J connectivity index is 0.000000343. The number of hydrogen-bond donors (Lipinski definition) is 2. The summed E-state index contributed by atoms with van der Waals surface area (Å²) in [5, 5.41) is 15.2. The molecule has 0 bridgehead atoms. The van der Waals surface area contributed by atoms with E-state index < -0.39 is 27.0 Å². The minimum absolute atomic E-state index is 0.121. The molecule has 1 aliphatic rings. The first-order chi connectivity index (χ1) is 14.1. The van der Waals surface area contributed by atoms with Crippen molar-refractivity contribution in [3.8, 4) is 11.1 Å². The first-order valence-electron chi connectivity index (χ1n) is 9.29. The molecule has 2 aromatic carbocycles. The maximum atomic E-state index is 12.9. The van der Waals surface area contributed by atoms with Gasteiger partial charge in [0.2, 0.25) is 0 Å². The Morgan fingerprint density at radius 3 is 2.07 bits per heavy atom. The predicted octanol–water partition coefficient (Wildman–Crippen LogP) is 2.99. The van der Waals surface area contributed by atoms with Gasteiger partial charge < -0.3 is 15.1 Å². The summed E-state index contributed by atoms with van der Waals surface area (Å²) < 4.78 is 25.8. The average molecular weight is 432 g/mol. The first-order valence-corrected chi connectivity index (χ1v) is 11.0. The van der Waals surface area contributed by atoms with Crippen molar-refractivity contribution in [2.75, 3.05) is 20.6 Å². The van der Waals surface area contributed by atoms with Crippen LogP contribution in [-0.2, 0) is 25.2 Å². The fourth-order valence-corrected chi connectivity index (χ4v) is 5.24. The number of carboxylic acid groups (broad SMARTS) is 2. The van der Waals surface area contributed by atoms with Crippen LogP contribution in [0.2, 0.25) is 0 Å². The largest absolute Gasteiger partial charge is 0.478 e. The summed E-state index contributed by atoms with van der Waals surface area (Å²) in [6, 6.07) is 15.8. The smallest absolute Gasteiger partial charge is 0.328 e. The number of nitrogens with zero attached hydrogens (tertiary/aromatic N) is 1. The van der Waals surface area contributed by atoms with Gasteiger partial charge in [-0.1, -0.05) is 48.5 Å². The molecule has 0 aromatic heterocycles. The molecule has 8 heteroatoms. The third-order valence-electron chi connectivity index (χ3n) is 4.61. The molecule has 30 heavy (non-hydrogen) atoms. The van der Waals surface area contributed by atoms with E-state index in [2.05, 4.69) is 0 Å². The normalized spacial score (nSPS) is 16.7. The summed E-state index contributed by atoms with van der Waals surface area (Å²) in [5.74, 6) is -2.39. The molecule has 7 nitrogen and oxygen atoms in total. The molecule has 0 aliphatic carbocycles. The fourth-order valence-electron chi connectivity index (χ4n) is 3.30. The number of hydrogen-bond acceptors (Lipinski definition) is 5. The van der Waals surface area contributed by atoms with E-state index in [-0.39, 0.29) is 5.75 Å². The van der Waals surface area contributed by atoms with Gasteiger partial charge >= 0.3 is 11.9 Å². The Labute approximate surface area is 176 Å². The second-order valence-corrected chi connectivity index (χ2v) is 9.33. The molecular formula is C22H25NO6S. The standard InChI is InChI=1S/C18H21NO2S.C4H4O4/c1-19(2)12-11-18-17-10-6-5-9-16(17)15-8-4-3-7-14(15)13-22(18,20)21;5-3(6)1-2-4(7)8/h3-10,18H,11-13H2,1-2H3;1-2H,(H,5,6)(H,7,8)/b;2-1-. The zero-order valence-corrected chi connectivity index (χ0v) is 17.7. The molecule has 160 valence electrons. The molecule has 0 fully saturated rings. The Kier molecular flexibility index (Phi) is 7.91. The molecule has 2 N–H and O–H groups in total. The van der Waals surface area contributed by atoms with Crippen LogP contribution >= 0.6 is 0 Å². The van der Waals surface area contributed by atoms with Gasteiger partial charge in [-0.3, -0.25) is 0 Å². The van der Waals surface area contributed by atoms with Crippen molar-refractivity contribution >= 4 is 21.8 Å². The second-order valence-electron chi connectivity index (χ2n) is 7.14. The highest BCUT2D eigenvalue weighted by molar-refractivity contribution is 7.90. The first kappa shape index (κ1) is 23.3. The third kappa shape index (κ3) is 6.27. The van der Waals surface area contributed by atoms with Crippen LogP contribution in [0.15, 0.2) is 60.7 Å². The van der Waals surface area contributed by atoms with Crippen LogP contribution in [0.3, 0.4) is 0 Å². The molecule has 0 saturated carbocycles. The molecule has 1 atom stereocenters. The van der Waals surface area contributed by atoms with E-state index in [1.54, 1.807) is 0 Å². The van der Waals surface area contributed by atoms with Gasteiger partial charge in [0.15, 0.2) is 9.84 Å². The fraction of sp³-hybridized carbons (Fsp3) is 0.273. The van der Waals surface area contributed by atoms with Crippen molar-refractivity contribution in [1.82, 2.24) is 4.90 Å². The zero-order chi connectivity index (χ0) is 22.3. The van der Waals surface area contributed by atoms with E-state index in [1.807, 2.05) is 67.5 Å². The van der Waals surface area contributed by atoms with Crippen molar-refractivity contribution < 1.29 is 28.2 Å². The summed E-state index contributed by atoms with van der Waals surface area (Å²) in [7, 11) is 0.743. The lowest BCUT2D eigenvalue weighted by atomic mass is 9.94. The molecule has 0 radical (unpaired) electrons. The van der Waals surface area contributed by atoms with Crippen LogP contribution in [-0.4, -0.2) is 56.1 Å². The van der Waals surface area contributed by atoms with E-state index in [4.69, 9.17) is 10.2 Å². The van der Waals surface area contributed by atoms with Crippen LogP contribution in [0.5, 0.6) is 0 Å². The third-order valence-corrected chi connectivity index (χ3v) is 6.68. The maximum Gasteiger partial charge on any atom is 0.328 e. The van der Waals surface area contributed by atoms with Crippen LogP contribution in [0, 0.1) is 0 Å². The van der Waals surface area contributed by atoms with Crippen molar-refractivity contribution in [3.05, 3.63) is 71.8 Å². The van der Waals surface area contributed by atoms with E-state index in [1.165, 1.54) is 0 Å². The molecule has 1 aliphatic heterocycles. The summed E-state index contributed by atoms with van der Waals surface area (Å²) >= 11 is 0. The van der Waals surface area contributed by atoms with E-state index >= 15 is 0 Å². The van der Waals surface area contributed by atoms with Gasteiger partial charge in [-0.15, -0.1) is 0 Å². The predicted molar refractivity (Wildman–Crippen MR) is 115 cm³/mol. The molecule has 0 saturated heterocycles. The van der Waals surface area contributed by atoms with E-state index in [0.717, 1.165) is 28.8 Å². The van der Waals surface area contributed by atoms with Gasteiger partial charge in [0, 0.05) is 12.2 Å². The average Bonchev–Trinajstić information content (AvgIpc) is 2.76. The van der Waals surface area contributed by atoms with Crippen molar-refractivity contribution in [1.29, 1.82) is 0 Å². The lowest BCUT2D eigenvalue weighted by Crippen LogP contribution is -2.21. The number of aliphatic carboxylic acids is 2. The Hall–Kier alpha value is -2.97. The number of rotatable bonds is 5. The molecule has 1 unspecified atom stereocenters. The highest BCUT2D eigenvalue weighted by Crippen LogP contribution is 2.41. The SMILES string of the molecule is CN(C)CCC1c2ccccc2-c2ccccc2CS1(=O)=O.O=C(O)/C=C\C(=O)O. The minimum Gasteiger partial charge on any atom is -0.478 e. The van der Waals surface area contributed by atoms with Gasteiger partial charge in [-0.25, -0.2) is 18.0 Å². The Bertz CT molecular complexity index is 1030. The number of benzene rings is 2. The minimum atomic E-state index is -3.21. The monoisotopic (exact) mass is 431 g/mol. The zero-order valence-electron chi connectivity index (χ0n) is 16.9. The number of carbonyl (C=O) groups is 2. The van der Waals surface area contributed by atoms with Gasteiger partial charge in [0.1, 0.15) is 0 Å². The lowest BCUT2D eigenvalue weighted by molar-refractivity contribution is -0.134. The highest BCUT2D eigenvalue weighted by Gasteiger charge is 2.33. The highest BCUT2D eigenvalue weighted by atomic mass is 32.2. The van der Waals surface area contributed by atoms with Gasteiger partial charge in [0.25, 0.3) is 0 Å². The Morgan fingerprint density at radius 2 is 1.50 bits per heavy atom. The summed E-state index contributed by atoms with van der Waals surface area (Å²) in [6.45, 7) is 0.759. The van der Waals surface area contributed by atoms with Crippen LogP contribution in [0.25, 0.3) is 11.1 Å².